The number of nitrogens with two attached hydrogens (primary N) is 1. The predicted molar refractivity (Wildman–Crippen MR) is 109 cm³/mol. The van der Waals surface area contributed by atoms with E-state index in [-0.39, 0.29) is 48.6 Å². The molecule has 3 N–H and O–H groups in total. The molecule has 0 aliphatic heterocycles. The number of ether oxygens (including phenoxy) is 3. The minimum atomic E-state index is -4.23. The first-order valence-electron chi connectivity index (χ1n) is 12.1. The zero-order valence-corrected chi connectivity index (χ0v) is 16.5. The van der Waals surface area contributed by atoms with E-state index in [1.165, 1.54) is 12.1 Å². The van der Waals surface area contributed by atoms with E-state index in [1.54, 1.807) is 13.0 Å². The van der Waals surface area contributed by atoms with Gasteiger partial charge in [0.05, 0.1) is 23.2 Å². The van der Waals surface area contributed by atoms with Gasteiger partial charge >= 0.3 is 0 Å². The SMILES string of the molecule is [2H]c1c([2H])c([2H])c(OCCN[C@H](C)Cc2ccc(OC([2H])([2H])[2H])c(S(N)(=O)=O)c2)c(OCC)c1[2H]. The Bertz CT molecular complexity index is 1160. The molecule has 0 unspecified atom stereocenters. The van der Waals surface area contributed by atoms with Crippen molar-refractivity contribution >= 4 is 10.0 Å². The Labute approximate surface area is 176 Å². The summed E-state index contributed by atoms with van der Waals surface area (Å²) in [4.78, 5) is -0.427. The Kier molecular flexibility index (Phi) is 5.09. The zero-order chi connectivity index (χ0) is 26.6. The molecule has 7 nitrogen and oxygen atoms in total. The number of primary sulfonamides is 1. The summed E-state index contributed by atoms with van der Waals surface area (Å²) in [5.41, 5.74) is 0.573. The maximum atomic E-state index is 11.9. The van der Waals surface area contributed by atoms with E-state index in [1.807, 2.05) is 6.92 Å². The first kappa shape index (κ1) is 13.8. The van der Waals surface area contributed by atoms with Gasteiger partial charge < -0.3 is 19.5 Å². The normalized spacial score (nSPS) is 16.5. The van der Waals surface area contributed by atoms with E-state index >= 15 is 0 Å². The molecule has 8 heteroatoms. The molecule has 2 aromatic carbocycles. The van der Waals surface area contributed by atoms with E-state index in [2.05, 4.69) is 5.32 Å². The maximum absolute atomic E-state index is 11.9. The van der Waals surface area contributed by atoms with Crippen LogP contribution in [0.25, 0.3) is 0 Å². The number of rotatable bonds is 11. The molecule has 0 heterocycles. The minimum absolute atomic E-state index is 0.0542. The molecule has 154 valence electrons. The molecule has 0 aliphatic rings. The standard InChI is InChI=1S/C20H28N2O5S/c1-4-26-17-7-5-6-8-18(17)27-12-11-22-15(2)13-16-9-10-19(25-3)20(14-16)28(21,23)24/h5-10,14-15,22H,4,11-13H2,1-3H3,(H2,21,23,24)/t15-/m1/s1/i3D3,5D,6D,7D,8D. The second kappa shape index (κ2) is 10.3. The van der Waals surface area contributed by atoms with Gasteiger partial charge in [-0.25, -0.2) is 13.6 Å². The lowest BCUT2D eigenvalue weighted by Gasteiger charge is -2.16. The average Bonchev–Trinajstić information content (AvgIpc) is 2.74. The molecule has 0 radical (unpaired) electrons. The van der Waals surface area contributed by atoms with Crippen molar-refractivity contribution in [3.8, 4) is 17.2 Å². The van der Waals surface area contributed by atoms with Crippen LogP contribution in [-0.2, 0) is 16.4 Å². The molecule has 0 bridgehead atoms. The molecule has 0 fully saturated rings. The summed E-state index contributed by atoms with van der Waals surface area (Å²) < 4.78 is 92.7. The Morgan fingerprint density at radius 3 is 2.57 bits per heavy atom. The van der Waals surface area contributed by atoms with Crippen molar-refractivity contribution < 1.29 is 32.2 Å². The topological polar surface area (TPSA) is 99.9 Å². The summed E-state index contributed by atoms with van der Waals surface area (Å²) in [6, 6.07) is 2.39. The zero-order valence-electron chi connectivity index (χ0n) is 22.7. The first-order chi connectivity index (χ1) is 16.2. The fraction of sp³-hybridized carbons (Fsp3) is 0.400. The summed E-state index contributed by atoms with van der Waals surface area (Å²) in [6.07, 6.45) is 0.367. The average molecular weight is 416 g/mol. The second-order valence-electron chi connectivity index (χ2n) is 5.93. The molecule has 0 aliphatic carbocycles. The highest BCUT2D eigenvalue weighted by Gasteiger charge is 2.16. The quantitative estimate of drug-likeness (QED) is 0.547. The third-order valence-corrected chi connectivity index (χ3v) is 4.65. The van der Waals surface area contributed by atoms with Gasteiger partial charge in [-0.3, -0.25) is 0 Å². The third-order valence-electron chi connectivity index (χ3n) is 3.72. The summed E-state index contributed by atoms with van der Waals surface area (Å²) in [6.45, 7) is 4.10. The van der Waals surface area contributed by atoms with Gasteiger partial charge in [0.15, 0.2) is 11.5 Å². The number of sulfonamides is 1. The molecular weight excluding hydrogens is 380 g/mol. The summed E-state index contributed by atoms with van der Waals surface area (Å²) in [5.74, 6) is -0.487. The third kappa shape index (κ3) is 6.40. The summed E-state index contributed by atoms with van der Waals surface area (Å²) >= 11 is 0. The van der Waals surface area contributed by atoms with Crippen LogP contribution in [0.2, 0.25) is 0 Å². The lowest BCUT2D eigenvalue weighted by molar-refractivity contribution is 0.272. The van der Waals surface area contributed by atoms with Crippen molar-refractivity contribution in [1.29, 1.82) is 0 Å². The monoisotopic (exact) mass is 415 g/mol. The number of hydrogen-bond acceptors (Lipinski definition) is 6. The van der Waals surface area contributed by atoms with Crippen LogP contribution in [0.1, 0.15) is 29.0 Å². The van der Waals surface area contributed by atoms with Gasteiger partial charge in [-0.15, -0.1) is 0 Å². The Balaban J connectivity index is 2.05. The number of para-hydroxylation sites is 2. The molecule has 0 amide bonds. The maximum Gasteiger partial charge on any atom is 0.241 e. The Morgan fingerprint density at radius 2 is 1.93 bits per heavy atom. The van der Waals surface area contributed by atoms with Gasteiger partial charge in [0.1, 0.15) is 17.3 Å². The van der Waals surface area contributed by atoms with Crippen molar-refractivity contribution in [2.24, 2.45) is 5.14 Å². The van der Waals surface area contributed by atoms with Crippen LogP contribution < -0.4 is 24.7 Å². The highest BCUT2D eigenvalue weighted by molar-refractivity contribution is 7.89. The van der Waals surface area contributed by atoms with Crippen LogP contribution in [-0.4, -0.2) is 41.3 Å². The molecule has 0 saturated heterocycles. The fourth-order valence-electron chi connectivity index (χ4n) is 2.51. The molecule has 2 aromatic rings. The summed E-state index contributed by atoms with van der Waals surface area (Å²) in [5, 5.41) is 8.38. The van der Waals surface area contributed by atoms with Gasteiger partial charge in [-0.2, -0.15) is 0 Å². The lowest BCUT2D eigenvalue weighted by Crippen LogP contribution is -2.32. The molecular formula is C20H28N2O5S. The highest BCUT2D eigenvalue weighted by Crippen LogP contribution is 2.26. The van der Waals surface area contributed by atoms with E-state index in [0.717, 1.165) is 0 Å². The predicted octanol–water partition coefficient (Wildman–Crippen LogP) is 2.34. The van der Waals surface area contributed by atoms with Crippen LogP contribution >= 0.6 is 0 Å². The van der Waals surface area contributed by atoms with E-state index in [4.69, 9.17) is 28.9 Å². The highest BCUT2D eigenvalue weighted by atomic mass is 32.2. The van der Waals surface area contributed by atoms with Crippen LogP contribution in [0, 0.1) is 0 Å². The number of methoxy groups -OCH3 is 1. The summed E-state index contributed by atoms with van der Waals surface area (Å²) in [7, 11) is -7.06. The minimum Gasteiger partial charge on any atom is -0.495 e. The number of benzene rings is 2. The van der Waals surface area contributed by atoms with Crippen LogP contribution in [0.4, 0.5) is 0 Å². The van der Waals surface area contributed by atoms with Crippen molar-refractivity contribution in [1.82, 2.24) is 5.32 Å². The van der Waals surface area contributed by atoms with Gasteiger partial charge in [-0.05, 0) is 50.0 Å². The van der Waals surface area contributed by atoms with Gasteiger partial charge in [-0.1, -0.05) is 18.2 Å². The molecule has 0 aromatic heterocycles. The van der Waals surface area contributed by atoms with E-state index in [9.17, 15) is 8.42 Å². The van der Waals surface area contributed by atoms with E-state index in [0.29, 0.717) is 18.5 Å². The molecule has 0 saturated carbocycles. The lowest BCUT2D eigenvalue weighted by atomic mass is 10.1. The van der Waals surface area contributed by atoms with E-state index < -0.39 is 34.0 Å². The van der Waals surface area contributed by atoms with Crippen LogP contribution in [0.15, 0.2) is 47.3 Å². The molecule has 1 atom stereocenters. The fourth-order valence-corrected chi connectivity index (χ4v) is 3.21. The van der Waals surface area contributed by atoms with Gasteiger partial charge in [0.2, 0.25) is 10.0 Å². The second-order valence-corrected chi connectivity index (χ2v) is 7.46. The number of hydrogen-bond donors (Lipinski definition) is 2. The van der Waals surface area contributed by atoms with Crippen LogP contribution in [0.5, 0.6) is 17.2 Å². The Morgan fingerprint density at radius 1 is 1.21 bits per heavy atom. The van der Waals surface area contributed by atoms with Crippen molar-refractivity contribution in [2.45, 2.75) is 31.2 Å². The Hall–Kier alpha value is -2.29. The first-order valence-corrected chi connectivity index (χ1v) is 10.1. The van der Waals surface area contributed by atoms with Crippen molar-refractivity contribution in [3.63, 3.8) is 0 Å². The largest absolute Gasteiger partial charge is 0.495 e. The van der Waals surface area contributed by atoms with Crippen molar-refractivity contribution in [2.75, 3.05) is 26.8 Å². The van der Waals surface area contributed by atoms with Crippen LogP contribution in [0.3, 0.4) is 0 Å². The molecule has 2 rings (SSSR count). The molecule has 28 heavy (non-hydrogen) atoms. The number of nitrogens with one attached hydrogen (secondary N) is 1. The van der Waals surface area contributed by atoms with Gasteiger partial charge in [0.25, 0.3) is 0 Å². The van der Waals surface area contributed by atoms with Gasteiger partial charge in [0, 0.05) is 12.6 Å². The molecule has 0 spiro atoms. The van der Waals surface area contributed by atoms with Crippen molar-refractivity contribution in [3.05, 3.63) is 47.9 Å². The smallest absolute Gasteiger partial charge is 0.241 e.